The van der Waals surface area contributed by atoms with Crippen molar-refractivity contribution < 1.29 is 0 Å². The van der Waals surface area contributed by atoms with Gasteiger partial charge in [-0.1, -0.05) is 72.8 Å². The zero-order valence-electron chi connectivity index (χ0n) is 16.8. The van der Waals surface area contributed by atoms with Gasteiger partial charge in [0.15, 0.2) is 0 Å². The van der Waals surface area contributed by atoms with Gasteiger partial charge in [-0.25, -0.2) is 0 Å². The first-order valence-electron chi connectivity index (χ1n) is 10.0. The van der Waals surface area contributed by atoms with Crippen molar-refractivity contribution in [2.75, 3.05) is 0 Å². The molecule has 0 aliphatic carbocycles. The molecule has 0 unspecified atom stereocenters. The number of nitrogens with two attached hydrogens (primary N) is 1. The number of fused-ring (bicyclic) bond motifs is 3. The Morgan fingerprint density at radius 3 is 1.86 bits per heavy atom. The Bertz CT molecular complexity index is 1310. The van der Waals surface area contributed by atoms with Gasteiger partial charge in [-0.2, -0.15) is 0 Å². The Morgan fingerprint density at radius 1 is 0.621 bits per heavy atom. The molecule has 0 fully saturated rings. The summed E-state index contributed by atoms with van der Waals surface area (Å²) in [4.78, 5) is 0. The maximum atomic E-state index is 6.42. The van der Waals surface area contributed by atoms with E-state index in [0.717, 1.165) is 11.3 Å². The lowest BCUT2D eigenvalue weighted by atomic mass is 9.94. The van der Waals surface area contributed by atoms with Crippen LogP contribution in [0.3, 0.4) is 0 Å². The zero-order chi connectivity index (χ0) is 20.0. The summed E-state index contributed by atoms with van der Waals surface area (Å²) in [5.74, 6) is 0. The molecule has 2 nitrogen and oxygen atoms in total. The van der Waals surface area contributed by atoms with Crippen molar-refractivity contribution in [3.8, 4) is 16.8 Å². The van der Waals surface area contributed by atoms with E-state index in [-0.39, 0.29) is 5.54 Å². The minimum Gasteiger partial charge on any atom is -0.322 e. The standard InChI is InChI=1S/C27H24N2/c1-27(2,28)21-14-16-24-23-15-13-20(19-9-5-3-6-10-19)17-25(23)29(26(24)18-21)22-11-7-4-8-12-22/h3-18H,28H2,1-2H3. The smallest absolute Gasteiger partial charge is 0.0547 e. The topological polar surface area (TPSA) is 30.9 Å². The predicted molar refractivity (Wildman–Crippen MR) is 123 cm³/mol. The minimum absolute atomic E-state index is 0.388. The molecule has 1 heterocycles. The molecule has 0 saturated carbocycles. The molecule has 1 aromatic heterocycles. The number of hydrogen-bond donors (Lipinski definition) is 1. The van der Waals surface area contributed by atoms with Gasteiger partial charge in [0, 0.05) is 22.0 Å². The molecule has 0 bridgehead atoms. The minimum atomic E-state index is -0.388. The van der Waals surface area contributed by atoms with E-state index in [1.807, 2.05) is 0 Å². The van der Waals surface area contributed by atoms with E-state index in [0.29, 0.717) is 0 Å². The Hall–Kier alpha value is -3.36. The molecule has 29 heavy (non-hydrogen) atoms. The van der Waals surface area contributed by atoms with Crippen molar-refractivity contribution in [1.82, 2.24) is 4.57 Å². The highest BCUT2D eigenvalue weighted by molar-refractivity contribution is 6.10. The Kier molecular flexibility index (Phi) is 4.04. The molecule has 2 heteroatoms. The maximum Gasteiger partial charge on any atom is 0.0547 e. The molecule has 0 radical (unpaired) electrons. The van der Waals surface area contributed by atoms with Gasteiger partial charge < -0.3 is 10.3 Å². The van der Waals surface area contributed by atoms with Crippen LogP contribution in [0.15, 0.2) is 97.1 Å². The molecular weight excluding hydrogens is 352 g/mol. The Morgan fingerprint density at radius 2 is 1.21 bits per heavy atom. The summed E-state index contributed by atoms with van der Waals surface area (Å²) in [6.07, 6.45) is 0. The van der Waals surface area contributed by atoms with Gasteiger partial charge in [-0.3, -0.25) is 0 Å². The molecule has 0 saturated heterocycles. The highest BCUT2D eigenvalue weighted by atomic mass is 15.0. The number of para-hydroxylation sites is 1. The Labute approximate surface area is 171 Å². The lowest BCUT2D eigenvalue weighted by Crippen LogP contribution is -2.28. The van der Waals surface area contributed by atoms with E-state index in [1.54, 1.807) is 0 Å². The van der Waals surface area contributed by atoms with Crippen LogP contribution in [0.5, 0.6) is 0 Å². The molecule has 0 atom stereocenters. The third kappa shape index (κ3) is 3.02. The number of rotatable bonds is 3. The number of aromatic nitrogens is 1. The first-order chi connectivity index (χ1) is 14.0. The lowest BCUT2D eigenvalue weighted by molar-refractivity contribution is 0.555. The first kappa shape index (κ1) is 17.7. The summed E-state index contributed by atoms with van der Waals surface area (Å²) in [5.41, 5.74) is 13.2. The average Bonchev–Trinajstić information content (AvgIpc) is 3.07. The molecule has 0 amide bonds. The third-order valence-electron chi connectivity index (χ3n) is 5.63. The molecule has 0 spiro atoms. The van der Waals surface area contributed by atoms with Crippen molar-refractivity contribution in [2.45, 2.75) is 19.4 Å². The fourth-order valence-corrected chi connectivity index (χ4v) is 4.08. The summed E-state index contributed by atoms with van der Waals surface area (Å²) in [7, 11) is 0. The second kappa shape index (κ2) is 6.61. The second-order valence-electron chi connectivity index (χ2n) is 8.22. The molecule has 142 valence electrons. The van der Waals surface area contributed by atoms with Crippen LogP contribution in [-0.4, -0.2) is 4.57 Å². The van der Waals surface area contributed by atoms with Crippen LogP contribution < -0.4 is 5.73 Å². The van der Waals surface area contributed by atoms with Crippen molar-refractivity contribution in [2.24, 2.45) is 5.73 Å². The molecule has 0 aliphatic heterocycles. The van der Waals surface area contributed by atoms with E-state index < -0.39 is 0 Å². The van der Waals surface area contributed by atoms with E-state index in [2.05, 4.69) is 115 Å². The van der Waals surface area contributed by atoms with E-state index in [4.69, 9.17) is 5.73 Å². The normalized spacial score (nSPS) is 12.0. The van der Waals surface area contributed by atoms with Crippen LogP contribution in [0, 0.1) is 0 Å². The number of nitrogens with zero attached hydrogens (tertiary/aromatic N) is 1. The summed E-state index contributed by atoms with van der Waals surface area (Å²) in [6, 6.07) is 34.5. The van der Waals surface area contributed by atoms with Crippen molar-refractivity contribution >= 4 is 21.8 Å². The molecular formula is C27H24N2. The molecule has 5 aromatic rings. The maximum absolute atomic E-state index is 6.42. The predicted octanol–water partition coefficient (Wildman–Crippen LogP) is 6.64. The van der Waals surface area contributed by atoms with Crippen LogP contribution in [-0.2, 0) is 5.54 Å². The SMILES string of the molecule is CC(C)(N)c1ccc2c3ccc(-c4ccccc4)cc3n(-c3ccccc3)c2c1. The quantitative estimate of drug-likeness (QED) is 0.376. The average molecular weight is 377 g/mol. The first-order valence-corrected chi connectivity index (χ1v) is 10.0. The van der Waals surface area contributed by atoms with Crippen molar-refractivity contribution in [3.05, 3.63) is 103 Å². The van der Waals surface area contributed by atoms with Gasteiger partial charge in [-0.05, 0) is 54.8 Å². The summed E-state index contributed by atoms with van der Waals surface area (Å²) < 4.78 is 2.35. The van der Waals surface area contributed by atoms with Crippen LogP contribution >= 0.6 is 0 Å². The summed E-state index contributed by atoms with van der Waals surface area (Å²) in [5, 5.41) is 2.50. The third-order valence-corrected chi connectivity index (χ3v) is 5.63. The molecule has 5 rings (SSSR count). The highest BCUT2D eigenvalue weighted by Gasteiger charge is 2.18. The van der Waals surface area contributed by atoms with E-state index in [9.17, 15) is 0 Å². The van der Waals surface area contributed by atoms with Crippen molar-refractivity contribution in [3.63, 3.8) is 0 Å². The highest BCUT2D eigenvalue weighted by Crippen LogP contribution is 2.36. The fraction of sp³-hybridized carbons (Fsp3) is 0.111. The molecule has 0 aliphatic rings. The summed E-state index contributed by atoms with van der Waals surface area (Å²) in [6.45, 7) is 4.11. The van der Waals surface area contributed by atoms with E-state index >= 15 is 0 Å². The summed E-state index contributed by atoms with van der Waals surface area (Å²) >= 11 is 0. The van der Waals surface area contributed by atoms with Gasteiger partial charge in [0.1, 0.15) is 0 Å². The van der Waals surface area contributed by atoms with Crippen LogP contribution in [0.1, 0.15) is 19.4 Å². The molecule has 4 aromatic carbocycles. The number of hydrogen-bond acceptors (Lipinski definition) is 1. The Balaban J connectivity index is 1.87. The van der Waals surface area contributed by atoms with Gasteiger partial charge in [-0.15, -0.1) is 0 Å². The fourth-order valence-electron chi connectivity index (χ4n) is 4.08. The van der Waals surface area contributed by atoms with Gasteiger partial charge in [0.05, 0.1) is 11.0 Å². The van der Waals surface area contributed by atoms with Gasteiger partial charge in [0.25, 0.3) is 0 Å². The molecule has 2 N–H and O–H groups in total. The van der Waals surface area contributed by atoms with Crippen LogP contribution in [0.4, 0.5) is 0 Å². The van der Waals surface area contributed by atoms with Crippen LogP contribution in [0.25, 0.3) is 38.6 Å². The van der Waals surface area contributed by atoms with E-state index in [1.165, 1.54) is 32.9 Å². The van der Waals surface area contributed by atoms with Gasteiger partial charge >= 0.3 is 0 Å². The van der Waals surface area contributed by atoms with Crippen molar-refractivity contribution in [1.29, 1.82) is 0 Å². The second-order valence-corrected chi connectivity index (χ2v) is 8.22. The van der Waals surface area contributed by atoms with Gasteiger partial charge in [0.2, 0.25) is 0 Å². The largest absolute Gasteiger partial charge is 0.322 e. The number of benzene rings is 4. The monoisotopic (exact) mass is 376 g/mol. The van der Waals surface area contributed by atoms with Crippen LogP contribution in [0.2, 0.25) is 0 Å². The zero-order valence-corrected chi connectivity index (χ0v) is 16.8. The lowest BCUT2D eigenvalue weighted by Gasteiger charge is -2.19.